The van der Waals surface area contributed by atoms with Gasteiger partial charge in [0.15, 0.2) is 5.75 Å². The number of hydrogen-bond acceptors (Lipinski definition) is 9. The van der Waals surface area contributed by atoms with E-state index in [-0.39, 0.29) is 209 Å². The Balaban J connectivity index is -0.00000241. The van der Waals surface area contributed by atoms with Crippen LogP contribution >= 0.6 is 0 Å². The first-order valence-corrected chi connectivity index (χ1v) is 13.7. The Morgan fingerprint density at radius 1 is 0.537 bits per heavy atom. The summed E-state index contributed by atoms with van der Waals surface area (Å²) in [6.45, 7) is 0. The Hall–Kier alpha value is 2.53. The van der Waals surface area contributed by atoms with Crippen LogP contribution in [0.5, 0.6) is 5.75 Å². The molecule has 4 rings (SSSR count). The van der Waals surface area contributed by atoms with Crippen LogP contribution in [0.4, 0.5) is 11.4 Å². The van der Waals surface area contributed by atoms with Gasteiger partial charge in [0.05, 0.1) is 10.6 Å². The van der Waals surface area contributed by atoms with Gasteiger partial charge in [-0.05, 0) is 35.7 Å². The van der Waals surface area contributed by atoms with Gasteiger partial charge >= 0.3 is 177 Å². The standard InChI is InChI=1S/C20H14N2O10S3.6Na.6H/c23-20-18(35(30,31)32)10-11-9-12(33(24,25)26)5-6-13(11)19(20)22-21-16-7-8-17(34(27,28)29)15-4-2-1-3-14(15)16;;;;;;;;;;;;/h1-10,23H,(H,24,25,26)(H,27,28,29)(H,30,31,32);;;;;;;;;;;;/b22-21+;;;;;;;;;;;;. The molecule has 0 bridgehead atoms. The number of aromatic hydroxyl groups is 1. The molecule has 0 unspecified atom stereocenters. The fraction of sp³-hybridized carbons (Fsp3) is 0. The van der Waals surface area contributed by atoms with Crippen molar-refractivity contribution in [3.63, 3.8) is 0 Å². The number of phenolic OH excluding ortho intramolecular Hbond substituents is 1. The summed E-state index contributed by atoms with van der Waals surface area (Å²) in [4.78, 5) is -1.95. The third-order valence-electron chi connectivity index (χ3n) is 4.99. The third-order valence-corrected chi connectivity index (χ3v) is 7.62. The van der Waals surface area contributed by atoms with Crippen LogP contribution in [0.15, 0.2) is 85.6 Å². The molecule has 0 amide bonds. The number of benzene rings is 4. The number of azo groups is 1. The number of phenols is 1. The summed E-state index contributed by atoms with van der Waals surface area (Å²) in [5.74, 6) is -0.984. The van der Waals surface area contributed by atoms with Crippen LogP contribution in [-0.2, 0) is 30.4 Å². The molecule has 194 valence electrons. The Bertz CT molecular complexity index is 1910. The molecule has 0 saturated heterocycles. The predicted octanol–water partition coefficient (Wildman–Crippen LogP) is -0.0369. The van der Waals surface area contributed by atoms with E-state index in [1.165, 1.54) is 24.3 Å². The first-order chi connectivity index (χ1) is 16.2. The first kappa shape index (κ1) is 47.9. The molecule has 4 N–H and O–H groups in total. The van der Waals surface area contributed by atoms with Gasteiger partial charge < -0.3 is 5.11 Å². The van der Waals surface area contributed by atoms with Crippen LogP contribution in [0.1, 0.15) is 0 Å². The van der Waals surface area contributed by atoms with E-state index in [9.17, 15) is 44.0 Å². The van der Waals surface area contributed by atoms with E-state index < -0.39 is 51.6 Å². The van der Waals surface area contributed by atoms with Gasteiger partial charge in [-0.2, -0.15) is 25.3 Å². The summed E-state index contributed by atoms with van der Waals surface area (Å²) in [5.41, 5.74) is -0.382. The minimum absolute atomic E-state index is 0. The number of rotatable bonds is 5. The van der Waals surface area contributed by atoms with Crippen molar-refractivity contribution in [2.45, 2.75) is 14.7 Å². The summed E-state index contributed by atoms with van der Waals surface area (Å²) in [6, 6.07) is 12.1. The zero-order chi connectivity index (χ0) is 25.8. The van der Waals surface area contributed by atoms with Gasteiger partial charge in [-0.15, -0.1) is 10.2 Å². The van der Waals surface area contributed by atoms with Crippen molar-refractivity contribution in [3.05, 3.63) is 60.7 Å². The van der Waals surface area contributed by atoms with E-state index in [0.29, 0.717) is 0 Å². The predicted molar refractivity (Wildman–Crippen MR) is 166 cm³/mol. The van der Waals surface area contributed by atoms with Crippen LogP contribution in [0, 0.1) is 0 Å². The Morgan fingerprint density at radius 3 is 1.59 bits per heavy atom. The maximum atomic E-state index is 11.8. The molecule has 0 saturated carbocycles. The van der Waals surface area contributed by atoms with E-state index in [1.807, 2.05) is 0 Å². The molecule has 0 fully saturated rings. The van der Waals surface area contributed by atoms with Crippen molar-refractivity contribution >= 4 is 241 Å². The van der Waals surface area contributed by atoms with Crippen LogP contribution in [0.2, 0.25) is 0 Å². The summed E-state index contributed by atoms with van der Waals surface area (Å²) in [7, 11) is -14.2. The van der Waals surface area contributed by atoms with Gasteiger partial charge in [-0.1, -0.05) is 30.3 Å². The van der Waals surface area contributed by atoms with Crippen molar-refractivity contribution < 1.29 is 44.0 Å². The molecule has 0 spiro atoms. The third kappa shape index (κ3) is 11.3. The second kappa shape index (κ2) is 18.8. The molecule has 0 radical (unpaired) electrons. The van der Waals surface area contributed by atoms with E-state index in [2.05, 4.69) is 10.2 Å². The van der Waals surface area contributed by atoms with Crippen LogP contribution in [0.25, 0.3) is 21.5 Å². The van der Waals surface area contributed by atoms with E-state index in [0.717, 1.165) is 30.3 Å². The van der Waals surface area contributed by atoms with Gasteiger partial charge in [0.1, 0.15) is 15.5 Å². The summed E-state index contributed by atoms with van der Waals surface area (Å²) in [5, 5.41) is 18.6. The normalized spacial score (nSPS) is 11.2. The summed E-state index contributed by atoms with van der Waals surface area (Å²) < 4.78 is 98.2. The molecule has 0 atom stereocenters. The van der Waals surface area contributed by atoms with Crippen molar-refractivity contribution in [1.29, 1.82) is 0 Å². The fourth-order valence-electron chi connectivity index (χ4n) is 3.46. The fourth-order valence-corrected chi connectivity index (χ4v) is 5.29. The number of nitrogens with zero attached hydrogens (tertiary/aromatic N) is 2. The average Bonchev–Trinajstić information content (AvgIpc) is 2.75. The molecular formula is C20H20N2Na6O10S3. The number of hydrogen-bond donors (Lipinski definition) is 4. The van der Waals surface area contributed by atoms with Crippen LogP contribution in [0.3, 0.4) is 0 Å². The average molecular weight is 683 g/mol. The van der Waals surface area contributed by atoms with Crippen LogP contribution < -0.4 is 0 Å². The SMILES string of the molecule is O=S(=O)(O)c1ccc2c(/N=N/c3ccc(S(=O)(=O)O)c4ccccc34)c(O)c(S(=O)(=O)O)cc2c1.[NaH].[NaH].[NaH].[NaH].[NaH].[NaH]. The molecular weight excluding hydrogens is 662 g/mol. The van der Waals surface area contributed by atoms with Gasteiger partial charge in [0, 0.05) is 16.2 Å². The number of fused-ring (bicyclic) bond motifs is 2. The Labute approximate surface area is 368 Å². The second-order valence-corrected chi connectivity index (χ2v) is 11.4. The Kier molecular flexibility index (Phi) is 21.9. The summed E-state index contributed by atoms with van der Waals surface area (Å²) >= 11 is 0. The molecule has 41 heavy (non-hydrogen) atoms. The molecule has 0 aliphatic carbocycles. The zero-order valence-electron chi connectivity index (χ0n) is 17.1. The molecule has 0 aliphatic rings. The van der Waals surface area contributed by atoms with E-state index in [4.69, 9.17) is 0 Å². The van der Waals surface area contributed by atoms with Crippen molar-refractivity contribution in [3.8, 4) is 5.75 Å². The van der Waals surface area contributed by atoms with Gasteiger partial charge in [0.25, 0.3) is 30.4 Å². The van der Waals surface area contributed by atoms with E-state index >= 15 is 0 Å². The van der Waals surface area contributed by atoms with E-state index in [1.54, 1.807) is 6.07 Å². The van der Waals surface area contributed by atoms with Gasteiger partial charge in [-0.3, -0.25) is 13.7 Å². The van der Waals surface area contributed by atoms with Gasteiger partial charge in [-0.25, -0.2) is 0 Å². The van der Waals surface area contributed by atoms with Crippen LogP contribution in [-0.4, -0.2) is 221 Å². The molecule has 4 aromatic carbocycles. The molecule has 4 aromatic rings. The topological polar surface area (TPSA) is 208 Å². The maximum absolute atomic E-state index is 11.8. The van der Waals surface area contributed by atoms with Crippen molar-refractivity contribution in [2.24, 2.45) is 10.2 Å². The minimum atomic E-state index is -4.99. The monoisotopic (exact) mass is 682 g/mol. The molecule has 0 aliphatic heterocycles. The van der Waals surface area contributed by atoms with Gasteiger partial charge in [0.2, 0.25) is 0 Å². The second-order valence-electron chi connectivity index (χ2n) is 7.21. The zero-order valence-corrected chi connectivity index (χ0v) is 19.6. The molecule has 21 heteroatoms. The van der Waals surface area contributed by atoms with Crippen molar-refractivity contribution in [2.75, 3.05) is 0 Å². The molecule has 0 heterocycles. The quantitative estimate of drug-likeness (QED) is 0.126. The molecule has 12 nitrogen and oxygen atoms in total. The Morgan fingerprint density at radius 2 is 1.07 bits per heavy atom. The first-order valence-electron chi connectivity index (χ1n) is 9.33. The van der Waals surface area contributed by atoms with Crippen molar-refractivity contribution in [1.82, 2.24) is 0 Å². The summed E-state index contributed by atoms with van der Waals surface area (Å²) in [6.07, 6.45) is 0. The molecule has 0 aromatic heterocycles.